The van der Waals surface area contributed by atoms with E-state index >= 15 is 0 Å². The van der Waals surface area contributed by atoms with E-state index in [1.807, 2.05) is 0 Å². The van der Waals surface area contributed by atoms with Gasteiger partial charge >= 0.3 is 7.87 Å². The van der Waals surface area contributed by atoms with Crippen molar-refractivity contribution in [3.63, 3.8) is 0 Å². The highest BCUT2D eigenvalue weighted by atomic mass is 31.2. The van der Waals surface area contributed by atoms with Crippen molar-refractivity contribution in [2.45, 2.75) is 0 Å². The first-order valence-corrected chi connectivity index (χ1v) is 5.85. The zero-order valence-electron chi connectivity index (χ0n) is 4.81. The van der Waals surface area contributed by atoms with Crippen molar-refractivity contribution in [1.82, 2.24) is 0 Å². The molecule has 12 N–H and O–H groups in total. The molecule has 0 spiro atoms. The first-order valence-electron chi connectivity index (χ1n) is 1.95. The van der Waals surface area contributed by atoms with E-state index < -0.39 is 15.4 Å². The highest BCUT2D eigenvalue weighted by molar-refractivity contribution is 7.75. The molecule has 0 fully saturated rings. The zero-order chi connectivity index (χ0) is 7.71. The van der Waals surface area contributed by atoms with Crippen LogP contribution in [0.2, 0.25) is 0 Å². The van der Waals surface area contributed by atoms with E-state index in [2.05, 4.69) is 4.52 Å². The molecule has 9 heavy (non-hydrogen) atoms. The van der Waals surface area contributed by atoms with Gasteiger partial charge in [0.15, 0.2) is 7.51 Å². The Hall–Kier alpha value is 0.420. The van der Waals surface area contributed by atoms with Crippen LogP contribution in [0.15, 0.2) is 4.52 Å². The summed E-state index contributed by atoms with van der Waals surface area (Å²) in [7, 11) is -5.48. The van der Waals surface area contributed by atoms with Gasteiger partial charge in [-0.3, -0.25) is 16.5 Å². The fourth-order valence-electron chi connectivity index (χ4n) is 0.268. The molecule has 56 valence electrons. The van der Waals surface area contributed by atoms with Crippen LogP contribution in [-0.2, 0) is 0 Å². The van der Waals surface area contributed by atoms with Crippen LogP contribution in [0, 0.1) is 0 Å². The molecule has 0 aromatic carbocycles. The van der Waals surface area contributed by atoms with Gasteiger partial charge in [-0.15, -0.1) is 0 Å². The standard InChI is InChI=1S/H12N7P2/c1-8(2,3)7-9(4,5)6/h1-6H2/q+1. The summed E-state index contributed by atoms with van der Waals surface area (Å²) >= 11 is 0. The number of hydrogen-bond acceptors (Lipinski definition) is 4. The summed E-state index contributed by atoms with van der Waals surface area (Å²) in [6.07, 6.45) is 0. The minimum Gasteiger partial charge on any atom is -0.271 e. The van der Waals surface area contributed by atoms with Crippen LogP contribution in [0.25, 0.3) is 0 Å². The summed E-state index contributed by atoms with van der Waals surface area (Å²) in [4.78, 5) is 0. The van der Waals surface area contributed by atoms with E-state index in [1.54, 1.807) is 0 Å². The molecule has 0 aliphatic heterocycles. The molecule has 0 radical (unpaired) electrons. The highest BCUT2D eigenvalue weighted by Crippen LogP contribution is 2.41. The number of rotatable bonds is 1. The van der Waals surface area contributed by atoms with Gasteiger partial charge in [-0.05, 0) is 4.52 Å². The van der Waals surface area contributed by atoms with Gasteiger partial charge < -0.3 is 0 Å². The largest absolute Gasteiger partial charge is 0.341 e. The first-order chi connectivity index (χ1) is 3.71. The van der Waals surface area contributed by atoms with Gasteiger partial charge in [-0.1, -0.05) is 0 Å². The zero-order valence-corrected chi connectivity index (χ0v) is 6.59. The summed E-state index contributed by atoms with van der Waals surface area (Å²) in [6.45, 7) is 0. The maximum atomic E-state index is 5.11. The lowest BCUT2D eigenvalue weighted by molar-refractivity contribution is 1.49. The Bertz CT molecular complexity index is 125. The topological polar surface area (TPSA) is 168 Å². The Morgan fingerprint density at radius 3 is 1.33 bits per heavy atom. The van der Waals surface area contributed by atoms with E-state index in [0.29, 0.717) is 0 Å². The van der Waals surface area contributed by atoms with Crippen LogP contribution in [0.1, 0.15) is 0 Å². The molecule has 0 atom stereocenters. The smallest absolute Gasteiger partial charge is 0.271 e. The monoisotopic (exact) mass is 172 g/mol. The summed E-state index contributed by atoms with van der Waals surface area (Å²) in [5.41, 5.74) is 30.7. The summed E-state index contributed by atoms with van der Waals surface area (Å²) < 4.78 is 3.43. The van der Waals surface area contributed by atoms with Crippen LogP contribution >= 0.6 is 15.4 Å². The molecule has 9 heteroatoms. The van der Waals surface area contributed by atoms with E-state index in [0.717, 1.165) is 0 Å². The predicted molar refractivity (Wildman–Crippen MR) is 41.4 cm³/mol. The molecular weight excluding hydrogens is 160 g/mol. The maximum Gasteiger partial charge on any atom is 0.341 e. The fourth-order valence-corrected chi connectivity index (χ4v) is 2.41. The van der Waals surface area contributed by atoms with Gasteiger partial charge in [0.2, 0.25) is 0 Å². The first kappa shape index (κ1) is 9.42. The molecule has 0 saturated carbocycles. The maximum absolute atomic E-state index is 5.11. The minimum atomic E-state index is -2.74. The Morgan fingerprint density at radius 1 is 1.00 bits per heavy atom. The van der Waals surface area contributed by atoms with Gasteiger partial charge in [0.05, 0.1) is 0 Å². The van der Waals surface area contributed by atoms with E-state index in [4.69, 9.17) is 33.0 Å². The second-order valence-electron chi connectivity index (χ2n) is 1.68. The Morgan fingerprint density at radius 2 is 1.33 bits per heavy atom. The van der Waals surface area contributed by atoms with E-state index in [-0.39, 0.29) is 0 Å². The van der Waals surface area contributed by atoms with Crippen molar-refractivity contribution in [2.75, 3.05) is 0 Å². The second kappa shape index (κ2) is 2.57. The molecular formula is H12N7P2+. The van der Waals surface area contributed by atoms with E-state index in [1.165, 1.54) is 0 Å². The highest BCUT2D eigenvalue weighted by Gasteiger charge is 2.22. The van der Waals surface area contributed by atoms with Gasteiger partial charge in [-0.2, -0.15) is 16.5 Å². The Labute approximate surface area is 53.9 Å². The fraction of sp³-hybridized carbons (Fsp3) is 0. The number of nitrogens with zero attached hydrogens (tertiary/aromatic N) is 1. The van der Waals surface area contributed by atoms with Gasteiger partial charge in [0.25, 0.3) is 0 Å². The lowest BCUT2D eigenvalue weighted by Gasteiger charge is -2.07. The van der Waals surface area contributed by atoms with Gasteiger partial charge in [0.1, 0.15) is 0 Å². The third kappa shape index (κ3) is 8.42. The quantitative estimate of drug-likeness (QED) is 0.259. The average Bonchev–Trinajstić information content (AvgIpc) is 1.14. The van der Waals surface area contributed by atoms with Crippen molar-refractivity contribution >= 4 is 15.4 Å². The van der Waals surface area contributed by atoms with Crippen LogP contribution < -0.4 is 33.0 Å². The Balaban J connectivity index is 4.32. The van der Waals surface area contributed by atoms with Crippen molar-refractivity contribution in [3.8, 4) is 0 Å². The molecule has 0 aromatic heterocycles. The minimum absolute atomic E-state index is 2.74. The van der Waals surface area contributed by atoms with Crippen molar-refractivity contribution in [1.29, 1.82) is 0 Å². The third-order valence-electron chi connectivity index (χ3n) is 0.310. The second-order valence-corrected chi connectivity index (χ2v) is 5.57. The SMILES string of the molecule is NP(N)(N)=N[P+](N)(N)N. The average molecular weight is 172 g/mol. The molecule has 7 nitrogen and oxygen atoms in total. The lowest BCUT2D eigenvalue weighted by atomic mass is 13.8. The molecule has 0 aliphatic rings. The Kier molecular flexibility index (Phi) is 2.69. The van der Waals surface area contributed by atoms with Crippen LogP contribution in [0.5, 0.6) is 0 Å². The van der Waals surface area contributed by atoms with Crippen LogP contribution in [0.4, 0.5) is 0 Å². The van der Waals surface area contributed by atoms with Crippen molar-refractivity contribution in [3.05, 3.63) is 0 Å². The van der Waals surface area contributed by atoms with Gasteiger partial charge in [-0.25, -0.2) is 0 Å². The number of hydrogen-bond donors (Lipinski definition) is 6. The summed E-state index contributed by atoms with van der Waals surface area (Å²) in [5.74, 6) is 0. The molecule has 0 aliphatic carbocycles. The van der Waals surface area contributed by atoms with Crippen LogP contribution in [0.3, 0.4) is 0 Å². The predicted octanol–water partition coefficient (Wildman–Crippen LogP) is -1.64. The molecule has 0 rings (SSSR count). The van der Waals surface area contributed by atoms with Crippen LogP contribution in [-0.4, -0.2) is 0 Å². The number of nitrogens with two attached hydrogens (primary N) is 6. The normalized spacial score (nSPS) is 13.6. The van der Waals surface area contributed by atoms with Crippen molar-refractivity contribution in [2.24, 2.45) is 37.5 Å². The molecule has 0 heterocycles. The lowest BCUT2D eigenvalue weighted by Crippen LogP contribution is -2.23. The molecule has 0 saturated heterocycles. The molecule has 0 unspecified atom stereocenters. The van der Waals surface area contributed by atoms with Gasteiger partial charge in [0, 0.05) is 0 Å². The third-order valence-corrected chi connectivity index (χ3v) is 2.79. The summed E-state index contributed by atoms with van der Waals surface area (Å²) in [5, 5.41) is 0. The molecule has 0 amide bonds. The molecule has 0 bridgehead atoms. The molecule has 0 aromatic rings. The van der Waals surface area contributed by atoms with E-state index in [9.17, 15) is 0 Å². The van der Waals surface area contributed by atoms with Crippen molar-refractivity contribution < 1.29 is 0 Å². The summed E-state index contributed by atoms with van der Waals surface area (Å²) in [6, 6.07) is 0.